The zero-order chi connectivity index (χ0) is 49.2. The minimum atomic E-state index is -4.59. The lowest BCUT2D eigenvalue weighted by Gasteiger charge is -2.29. The van der Waals surface area contributed by atoms with Gasteiger partial charge in [-0.1, -0.05) is 263 Å². The molecule has 0 saturated heterocycles. The molecule has 0 aromatic carbocycles. The van der Waals surface area contributed by atoms with Crippen molar-refractivity contribution in [3.8, 4) is 0 Å². The van der Waals surface area contributed by atoms with Crippen molar-refractivity contribution in [1.29, 1.82) is 0 Å². The summed E-state index contributed by atoms with van der Waals surface area (Å²) in [4.78, 5) is 25.5. The predicted octanol–water partition coefficient (Wildman–Crippen LogP) is 17.0. The van der Waals surface area contributed by atoms with Gasteiger partial charge < -0.3 is 28.8 Å². The summed E-state index contributed by atoms with van der Waals surface area (Å²) in [6.07, 6.45) is 62.5. The summed E-state index contributed by atoms with van der Waals surface area (Å²) in [5.41, 5.74) is 0. The van der Waals surface area contributed by atoms with Crippen LogP contribution in [0.4, 0.5) is 0 Å². The molecule has 0 aromatic heterocycles. The van der Waals surface area contributed by atoms with Crippen LogP contribution in [0.3, 0.4) is 0 Å². The van der Waals surface area contributed by atoms with Crippen molar-refractivity contribution in [2.75, 3.05) is 40.9 Å². The zero-order valence-corrected chi connectivity index (χ0v) is 46.3. The molecule has 3 atom stereocenters. The number of phosphoric ester groups is 1. The van der Waals surface area contributed by atoms with Crippen molar-refractivity contribution >= 4 is 13.7 Å². The number of quaternary nitrogens is 1. The molecule has 0 aromatic rings. The van der Waals surface area contributed by atoms with Crippen molar-refractivity contribution in [1.82, 2.24) is 5.32 Å². The first kappa shape index (κ1) is 66.0. The minimum absolute atomic E-state index is 0.000831. The van der Waals surface area contributed by atoms with Gasteiger partial charge in [0.2, 0.25) is 5.91 Å². The predicted molar refractivity (Wildman–Crippen MR) is 289 cm³/mol. The van der Waals surface area contributed by atoms with Crippen molar-refractivity contribution in [2.45, 2.75) is 302 Å². The molecule has 1 amide bonds. The fourth-order valence-corrected chi connectivity index (χ4v) is 9.52. The van der Waals surface area contributed by atoms with Gasteiger partial charge >= 0.3 is 0 Å². The first-order valence-electron chi connectivity index (χ1n) is 29.2. The summed E-state index contributed by atoms with van der Waals surface area (Å²) in [5.74, 6) is -0.194. The monoisotopic (exact) mass is 967 g/mol. The molecule has 0 heterocycles. The van der Waals surface area contributed by atoms with E-state index in [0.29, 0.717) is 17.4 Å². The van der Waals surface area contributed by atoms with Crippen molar-refractivity contribution in [2.24, 2.45) is 0 Å². The number of rotatable bonds is 54. The Labute approximate surface area is 417 Å². The van der Waals surface area contributed by atoms with Crippen molar-refractivity contribution in [3.05, 3.63) is 24.3 Å². The number of hydrogen-bond donors (Lipinski definition) is 2. The maximum absolute atomic E-state index is 13.0. The third-order valence-electron chi connectivity index (χ3n) is 13.4. The van der Waals surface area contributed by atoms with Gasteiger partial charge in [0.1, 0.15) is 13.2 Å². The molecule has 0 aliphatic heterocycles. The molecule has 3 unspecified atom stereocenters. The van der Waals surface area contributed by atoms with Crippen LogP contribution in [-0.4, -0.2) is 68.5 Å². The number of allylic oxidation sites excluding steroid dienone is 3. The Bertz CT molecular complexity index is 1140. The first-order valence-corrected chi connectivity index (χ1v) is 30.7. The van der Waals surface area contributed by atoms with Gasteiger partial charge in [0.05, 0.1) is 39.9 Å². The summed E-state index contributed by atoms with van der Waals surface area (Å²) in [5, 5.41) is 13.9. The van der Waals surface area contributed by atoms with Gasteiger partial charge in [0.15, 0.2) is 0 Å². The van der Waals surface area contributed by atoms with Crippen LogP contribution in [0.1, 0.15) is 290 Å². The topological polar surface area (TPSA) is 108 Å². The fourth-order valence-electron chi connectivity index (χ4n) is 8.80. The molecule has 9 heteroatoms. The molecule has 0 rings (SSSR count). The molecule has 0 radical (unpaired) electrons. The molecule has 0 saturated carbocycles. The number of unbranched alkanes of at least 4 members (excludes halogenated alkanes) is 39. The van der Waals surface area contributed by atoms with E-state index in [0.717, 1.165) is 38.5 Å². The largest absolute Gasteiger partial charge is 0.756 e. The number of nitrogens with one attached hydrogen (secondary N) is 1. The Balaban J connectivity index is 4.13. The molecule has 67 heavy (non-hydrogen) atoms. The van der Waals surface area contributed by atoms with E-state index in [1.54, 1.807) is 6.08 Å². The molecule has 398 valence electrons. The average Bonchev–Trinajstić information content (AvgIpc) is 3.29. The maximum atomic E-state index is 13.0. The van der Waals surface area contributed by atoms with Crippen LogP contribution in [0.25, 0.3) is 0 Å². The third kappa shape index (κ3) is 52.6. The lowest BCUT2D eigenvalue weighted by atomic mass is 10.0. The molecule has 0 aliphatic carbocycles. The van der Waals surface area contributed by atoms with Crippen LogP contribution in [0, 0.1) is 0 Å². The van der Waals surface area contributed by atoms with Gasteiger partial charge in [-0.15, -0.1) is 0 Å². The molecule has 2 N–H and O–H groups in total. The van der Waals surface area contributed by atoms with Gasteiger partial charge in [-0.2, -0.15) is 0 Å². The summed E-state index contributed by atoms with van der Waals surface area (Å²) < 4.78 is 23.3. The van der Waals surface area contributed by atoms with E-state index in [9.17, 15) is 19.4 Å². The summed E-state index contributed by atoms with van der Waals surface area (Å²) in [6, 6.07) is -0.885. The number of aliphatic hydroxyl groups excluding tert-OH is 1. The quantitative estimate of drug-likeness (QED) is 0.0272. The van der Waals surface area contributed by atoms with Gasteiger partial charge in [0, 0.05) is 6.42 Å². The number of amides is 1. The normalized spacial score (nSPS) is 14.1. The number of phosphoric acid groups is 1. The fraction of sp³-hybridized carbons (Fsp3) is 0.914. The lowest BCUT2D eigenvalue weighted by molar-refractivity contribution is -0.870. The van der Waals surface area contributed by atoms with E-state index >= 15 is 0 Å². The Morgan fingerprint density at radius 3 is 1.16 bits per heavy atom. The molecular formula is C58H115N2O6P. The van der Waals surface area contributed by atoms with E-state index in [2.05, 4.69) is 31.3 Å². The van der Waals surface area contributed by atoms with Gasteiger partial charge in [0.25, 0.3) is 7.82 Å². The summed E-state index contributed by atoms with van der Waals surface area (Å²) in [7, 11) is 1.27. The van der Waals surface area contributed by atoms with Crippen LogP contribution < -0.4 is 10.2 Å². The van der Waals surface area contributed by atoms with Crippen LogP contribution >= 0.6 is 7.82 Å². The zero-order valence-electron chi connectivity index (χ0n) is 45.4. The number of nitrogens with zero attached hydrogens (tertiary/aromatic N) is 1. The Kier molecular flexibility index (Phi) is 49.2. The first-order chi connectivity index (χ1) is 32.5. The maximum Gasteiger partial charge on any atom is 0.268 e. The SMILES string of the molecule is CCCCCCCCCCCCCC/C=C\CCCCCCCCCCCCCCC(=O)NC(COP(=O)([O-])OCC[N+](C)(C)C)C(O)/C=C/CCCCCCCCCCCCCCCCC. The number of carbonyl (C=O) groups is 1. The second-order valence-corrected chi connectivity index (χ2v) is 22.8. The van der Waals surface area contributed by atoms with Gasteiger partial charge in [-0.05, 0) is 44.9 Å². The van der Waals surface area contributed by atoms with E-state index in [-0.39, 0.29) is 19.1 Å². The van der Waals surface area contributed by atoms with Crippen molar-refractivity contribution < 1.29 is 32.9 Å². The molecule has 0 aliphatic rings. The highest BCUT2D eigenvalue weighted by Gasteiger charge is 2.23. The second kappa shape index (κ2) is 49.9. The van der Waals surface area contributed by atoms with Crippen LogP contribution in [-0.2, 0) is 18.4 Å². The molecule has 0 bridgehead atoms. The van der Waals surface area contributed by atoms with E-state index in [4.69, 9.17) is 9.05 Å². The smallest absolute Gasteiger partial charge is 0.268 e. The van der Waals surface area contributed by atoms with Crippen LogP contribution in [0.15, 0.2) is 24.3 Å². The Hall–Kier alpha value is -1.02. The highest BCUT2D eigenvalue weighted by Crippen LogP contribution is 2.38. The summed E-state index contributed by atoms with van der Waals surface area (Å²) in [6.45, 7) is 4.69. The third-order valence-corrected chi connectivity index (χ3v) is 14.4. The van der Waals surface area contributed by atoms with E-state index < -0.39 is 20.0 Å². The number of hydrogen-bond acceptors (Lipinski definition) is 6. The van der Waals surface area contributed by atoms with Crippen LogP contribution in [0.5, 0.6) is 0 Å². The summed E-state index contributed by atoms with van der Waals surface area (Å²) >= 11 is 0. The molecule has 0 fully saturated rings. The van der Waals surface area contributed by atoms with Crippen molar-refractivity contribution in [3.63, 3.8) is 0 Å². The number of aliphatic hydroxyl groups is 1. The molecule has 0 spiro atoms. The van der Waals surface area contributed by atoms with Gasteiger partial charge in [-0.25, -0.2) is 0 Å². The van der Waals surface area contributed by atoms with Gasteiger partial charge in [-0.3, -0.25) is 9.36 Å². The second-order valence-electron chi connectivity index (χ2n) is 21.4. The van der Waals surface area contributed by atoms with Crippen LogP contribution in [0.2, 0.25) is 0 Å². The molecule has 8 nitrogen and oxygen atoms in total. The standard InChI is InChI=1S/C58H115N2O6P/c1-6-8-10-12-14-16-18-20-22-24-25-26-27-28-29-30-31-32-33-34-36-38-40-42-44-46-48-50-52-58(62)59-56(55-66-67(63,64)65-54-53-60(3,4)5)57(61)51-49-47-45-43-41-39-37-35-23-21-19-17-15-13-11-9-7-2/h28-29,49,51,56-57,61H,6-27,30-48,50,52-55H2,1-5H3,(H-,59,62,63,64)/b29-28-,51-49+. The molecular weight excluding hydrogens is 852 g/mol. The highest BCUT2D eigenvalue weighted by atomic mass is 31.2. The number of likely N-dealkylation sites (N-methyl/N-ethyl adjacent to an activating group) is 1. The van der Waals surface area contributed by atoms with E-state index in [1.165, 1.54) is 231 Å². The number of carbonyl (C=O) groups excluding carboxylic acids is 1. The van der Waals surface area contributed by atoms with E-state index in [1.807, 2.05) is 27.2 Å². The Morgan fingerprint density at radius 1 is 0.507 bits per heavy atom. The average molecular weight is 968 g/mol. The highest BCUT2D eigenvalue weighted by molar-refractivity contribution is 7.45. The minimum Gasteiger partial charge on any atom is -0.756 e. The lowest BCUT2D eigenvalue weighted by Crippen LogP contribution is -2.45. The Morgan fingerprint density at radius 2 is 0.821 bits per heavy atom.